The van der Waals surface area contributed by atoms with Crippen LogP contribution in [0.3, 0.4) is 0 Å². The van der Waals surface area contributed by atoms with Gasteiger partial charge in [0.05, 0.1) is 10.6 Å². The van der Waals surface area contributed by atoms with Gasteiger partial charge >= 0.3 is 0 Å². The molecule has 9 heteroatoms. The van der Waals surface area contributed by atoms with Crippen LogP contribution in [0, 0.1) is 13.8 Å². The van der Waals surface area contributed by atoms with Crippen molar-refractivity contribution in [3.8, 4) is 0 Å². The number of rotatable bonds is 12. The number of aryl methyl sites for hydroxylation is 1. The Labute approximate surface area is 243 Å². The monoisotopic (exact) mass is 583 g/mol. The van der Waals surface area contributed by atoms with E-state index in [4.69, 9.17) is 11.6 Å². The van der Waals surface area contributed by atoms with Crippen molar-refractivity contribution < 1.29 is 18.0 Å². The Morgan fingerprint density at radius 1 is 0.925 bits per heavy atom. The summed E-state index contributed by atoms with van der Waals surface area (Å²) in [6.07, 6.45) is 0.888. The highest BCUT2D eigenvalue weighted by atomic mass is 35.5. The van der Waals surface area contributed by atoms with Crippen molar-refractivity contribution in [3.05, 3.63) is 94.5 Å². The summed E-state index contributed by atoms with van der Waals surface area (Å²) in [5.74, 6) is -0.748. The van der Waals surface area contributed by atoms with Crippen LogP contribution in [-0.4, -0.2) is 50.3 Å². The molecule has 0 saturated carbocycles. The highest BCUT2D eigenvalue weighted by molar-refractivity contribution is 7.92. The molecule has 0 heterocycles. The van der Waals surface area contributed by atoms with Gasteiger partial charge in [0.15, 0.2) is 0 Å². The van der Waals surface area contributed by atoms with Gasteiger partial charge in [0.25, 0.3) is 10.0 Å². The molecule has 0 aromatic heterocycles. The molecule has 0 spiro atoms. The zero-order valence-corrected chi connectivity index (χ0v) is 25.3. The number of hydrogen-bond acceptors (Lipinski definition) is 4. The van der Waals surface area contributed by atoms with Gasteiger partial charge in [-0.15, -0.1) is 0 Å². The first-order valence-electron chi connectivity index (χ1n) is 13.4. The van der Waals surface area contributed by atoms with E-state index in [2.05, 4.69) is 5.32 Å². The maximum absolute atomic E-state index is 14.1. The van der Waals surface area contributed by atoms with Gasteiger partial charge in [0, 0.05) is 17.6 Å². The lowest BCUT2D eigenvalue weighted by molar-refractivity contribution is -0.139. The van der Waals surface area contributed by atoms with Crippen LogP contribution in [0.2, 0.25) is 5.02 Å². The van der Waals surface area contributed by atoms with E-state index >= 15 is 0 Å². The number of halogens is 1. The second kappa shape index (κ2) is 13.8. The molecule has 1 atom stereocenters. The molecule has 0 aliphatic carbocycles. The number of carbonyl (C=O) groups excluding carboxylic acids is 2. The number of nitrogens with zero attached hydrogens (tertiary/aromatic N) is 2. The summed E-state index contributed by atoms with van der Waals surface area (Å²) >= 11 is 6.38. The second-order valence-electron chi connectivity index (χ2n) is 10.1. The van der Waals surface area contributed by atoms with E-state index in [1.165, 1.54) is 17.0 Å². The molecule has 3 rings (SSSR count). The highest BCUT2D eigenvalue weighted by Gasteiger charge is 2.34. The van der Waals surface area contributed by atoms with Crippen molar-refractivity contribution in [1.82, 2.24) is 10.2 Å². The van der Waals surface area contributed by atoms with Gasteiger partial charge in [0.2, 0.25) is 11.8 Å². The van der Waals surface area contributed by atoms with E-state index in [9.17, 15) is 18.0 Å². The molecule has 0 bridgehead atoms. The topological polar surface area (TPSA) is 86.8 Å². The van der Waals surface area contributed by atoms with Crippen molar-refractivity contribution in [2.24, 2.45) is 0 Å². The zero-order valence-electron chi connectivity index (χ0n) is 23.7. The first-order chi connectivity index (χ1) is 18.9. The average molecular weight is 584 g/mol. The third-order valence-corrected chi connectivity index (χ3v) is 8.88. The molecule has 40 heavy (non-hydrogen) atoms. The molecule has 0 aliphatic rings. The largest absolute Gasteiger partial charge is 0.352 e. The average Bonchev–Trinajstić information content (AvgIpc) is 2.91. The van der Waals surface area contributed by atoms with Gasteiger partial charge in [-0.05, 0) is 75.9 Å². The van der Waals surface area contributed by atoms with Crippen LogP contribution in [0.5, 0.6) is 0 Å². The molecule has 214 valence electrons. The molecule has 0 saturated heterocycles. The quantitative estimate of drug-likeness (QED) is 0.304. The lowest BCUT2D eigenvalue weighted by Gasteiger charge is -2.34. The van der Waals surface area contributed by atoms with Crippen LogP contribution in [0.1, 0.15) is 43.9 Å². The molecule has 3 aromatic carbocycles. The predicted octanol–water partition coefficient (Wildman–Crippen LogP) is 5.53. The minimum atomic E-state index is -4.15. The van der Waals surface area contributed by atoms with Gasteiger partial charge in [-0.1, -0.05) is 72.6 Å². The minimum absolute atomic E-state index is 0.0608. The number of benzene rings is 3. The van der Waals surface area contributed by atoms with Crippen LogP contribution < -0.4 is 9.62 Å². The van der Waals surface area contributed by atoms with Crippen LogP contribution in [-0.2, 0) is 26.0 Å². The van der Waals surface area contributed by atoms with Gasteiger partial charge in [0.1, 0.15) is 12.6 Å². The number of anilines is 1. The summed E-state index contributed by atoms with van der Waals surface area (Å²) in [5, 5.41) is 3.29. The molecule has 0 aliphatic heterocycles. The van der Waals surface area contributed by atoms with Crippen molar-refractivity contribution in [2.75, 3.05) is 17.4 Å². The fraction of sp³-hybridized carbons (Fsp3) is 0.355. The maximum Gasteiger partial charge on any atom is 0.264 e. The molecule has 3 aromatic rings. The van der Waals surface area contributed by atoms with E-state index in [0.717, 1.165) is 15.4 Å². The number of amides is 2. The third kappa shape index (κ3) is 7.64. The maximum atomic E-state index is 14.1. The van der Waals surface area contributed by atoms with E-state index in [-0.39, 0.29) is 23.4 Å². The Morgan fingerprint density at radius 3 is 2.17 bits per heavy atom. The molecule has 2 amide bonds. The normalized spacial score (nSPS) is 12.2. The number of hydrogen-bond donors (Lipinski definition) is 1. The van der Waals surface area contributed by atoms with E-state index in [0.29, 0.717) is 29.1 Å². The first kappa shape index (κ1) is 31.2. The van der Waals surface area contributed by atoms with Gasteiger partial charge in [-0.25, -0.2) is 8.42 Å². The summed E-state index contributed by atoms with van der Waals surface area (Å²) in [5.41, 5.74) is 2.76. The molecule has 1 N–H and O–H groups in total. The summed E-state index contributed by atoms with van der Waals surface area (Å²) in [4.78, 5) is 28.8. The summed E-state index contributed by atoms with van der Waals surface area (Å²) < 4.78 is 29.1. The summed E-state index contributed by atoms with van der Waals surface area (Å²) in [6.45, 7) is 8.91. The van der Waals surface area contributed by atoms with Crippen molar-refractivity contribution >= 4 is 39.1 Å². The zero-order chi connectivity index (χ0) is 29.4. The summed E-state index contributed by atoms with van der Waals surface area (Å²) in [7, 11) is -4.15. The van der Waals surface area contributed by atoms with Gasteiger partial charge in [-0.2, -0.15) is 0 Å². The predicted molar refractivity (Wildman–Crippen MR) is 161 cm³/mol. The van der Waals surface area contributed by atoms with Gasteiger partial charge < -0.3 is 10.2 Å². The molecule has 0 unspecified atom stereocenters. The Morgan fingerprint density at radius 2 is 1.57 bits per heavy atom. The number of nitrogens with one attached hydrogen (secondary N) is 1. The molecular formula is C31H38ClN3O4S. The van der Waals surface area contributed by atoms with Crippen LogP contribution in [0.15, 0.2) is 77.7 Å². The fourth-order valence-electron chi connectivity index (χ4n) is 4.49. The van der Waals surface area contributed by atoms with E-state index < -0.39 is 28.5 Å². The lowest BCUT2D eigenvalue weighted by Crippen LogP contribution is -2.54. The Kier molecular flexibility index (Phi) is 10.8. The first-order valence-corrected chi connectivity index (χ1v) is 15.3. The molecule has 0 radical (unpaired) electrons. The van der Waals surface area contributed by atoms with Crippen molar-refractivity contribution in [2.45, 2.75) is 64.4 Å². The van der Waals surface area contributed by atoms with E-state index in [1.807, 2.05) is 58.0 Å². The van der Waals surface area contributed by atoms with E-state index in [1.54, 1.807) is 37.3 Å². The van der Waals surface area contributed by atoms with Crippen LogP contribution in [0.25, 0.3) is 0 Å². The number of carbonyl (C=O) groups is 2. The third-order valence-electron chi connectivity index (χ3n) is 6.70. The smallest absolute Gasteiger partial charge is 0.264 e. The minimum Gasteiger partial charge on any atom is -0.352 e. The SMILES string of the molecule is CC[C@@H](C(=O)NC(C)C)N(CCc1ccccc1)C(=O)CN(c1cccc(Cl)c1C)S(=O)(=O)c1ccc(C)cc1. The van der Waals surface area contributed by atoms with Gasteiger partial charge in [-0.3, -0.25) is 13.9 Å². The molecular weight excluding hydrogens is 546 g/mol. The highest BCUT2D eigenvalue weighted by Crippen LogP contribution is 2.31. The van der Waals surface area contributed by atoms with Crippen molar-refractivity contribution in [1.29, 1.82) is 0 Å². The number of sulfonamides is 1. The Balaban J connectivity index is 2.05. The molecule has 0 fully saturated rings. The Bertz CT molecular complexity index is 1410. The second-order valence-corrected chi connectivity index (χ2v) is 12.4. The standard InChI is InChI=1S/C31H38ClN3O4S/c1-6-28(31(37)33-22(2)3)34(20-19-25-11-8-7-9-12-25)30(36)21-35(29-14-10-13-27(32)24(29)5)40(38,39)26-17-15-23(4)16-18-26/h7-18,22,28H,6,19-21H2,1-5H3,(H,33,37)/t28-/m0/s1. The molecule has 7 nitrogen and oxygen atoms in total. The Hall–Kier alpha value is -3.36. The fourth-order valence-corrected chi connectivity index (χ4v) is 6.13. The lowest BCUT2D eigenvalue weighted by atomic mass is 10.1. The van der Waals surface area contributed by atoms with Crippen LogP contribution in [0.4, 0.5) is 5.69 Å². The van der Waals surface area contributed by atoms with Crippen LogP contribution >= 0.6 is 11.6 Å². The summed E-state index contributed by atoms with van der Waals surface area (Å²) in [6, 6.07) is 20.3. The van der Waals surface area contributed by atoms with Crippen molar-refractivity contribution in [3.63, 3.8) is 0 Å².